The first-order chi connectivity index (χ1) is 11.3. The van der Waals surface area contributed by atoms with Gasteiger partial charge < -0.3 is 10.2 Å². The third-order valence-corrected chi connectivity index (χ3v) is 4.50. The maximum Gasteiger partial charge on any atom is 0.257 e. The quantitative estimate of drug-likeness (QED) is 0.917. The van der Waals surface area contributed by atoms with Gasteiger partial charge >= 0.3 is 0 Å². The predicted molar refractivity (Wildman–Crippen MR) is 87.5 cm³/mol. The topological polar surface area (TPSA) is 49.4 Å². The number of nitrogens with zero attached hydrogens (tertiary/aromatic N) is 1. The summed E-state index contributed by atoms with van der Waals surface area (Å²) in [7, 11) is 0. The summed E-state index contributed by atoms with van der Waals surface area (Å²) in [6, 6.07) is 2.54. The Bertz CT molecular complexity index is 599. The second kappa shape index (κ2) is 7.73. The van der Waals surface area contributed by atoms with Gasteiger partial charge in [-0.1, -0.05) is 19.9 Å². The molecule has 1 aliphatic heterocycles. The van der Waals surface area contributed by atoms with Crippen LogP contribution in [0.4, 0.5) is 8.78 Å². The average molecular weight is 338 g/mol. The molecule has 2 rings (SSSR count). The molecule has 2 atom stereocenters. The Morgan fingerprint density at radius 1 is 1.21 bits per heavy atom. The smallest absolute Gasteiger partial charge is 0.257 e. The van der Waals surface area contributed by atoms with Crippen LogP contribution in [0.5, 0.6) is 0 Å². The number of benzene rings is 1. The molecule has 1 N–H and O–H groups in total. The van der Waals surface area contributed by atoms with E-state index in [-0.39, 0.29) is 17.9 Å². The van der Waals surface area contributed by atoms with E-state index in [1.807, 2.05) is 6.92 Å². The molecule has 2 unspecified atom stereocenters. The lowest BCUT2D eigenvalue weighted by Crippen LogP contribution is -2.54. The first-order valence-electron chi connectivity index (χ1n) is 8.38. The van der Waals surface area contributed by atoms with Crippen LogP contribution >= 0.6 is 0 Å². The van der Waals surface area contributed by atoms with E-state index in [9.17, 15) is 18.4 Å². The predicted octanol–water partition coefficient (Wildman–Crippen LogP) is 3.12. The number of hydrogen-bond donors (Lipinski definition) is 1. The number of carbonyl (C=O) groups excluding carboxylic acids is 2. The highest BCUT2D eigenvalue weighted by Crippen LogP contribution is 2.20. The minimum Gasteiger partial charge on any atom is -0.340 e. The van der Waals surface area contributed by atoms with Crippen LogP contribution in [0.2, 0.25) is 0 Å². The molecule has 2 amide bonds. The lowest BCUT2D eigenvalue weighted by molar-refractivity contribution is -0.137. The van der Waals surface area contributed by atoms with Gasteiger partial charge in [0, 0.05) is 12.6 Å². The van der Waals surface area contributed by atoms with Crippen LogP contribution in [0.25, 0.3) is 0 Å². The van der Waals surface area contributed by atoms with Crippen molar-refractivity contribution >= 4 is 11.8 Å². The molecule has 1 aromatic rings. The van der Waals surface area contributed by atoms with Crippen molar-refractivity contribution in [3.05, 3.63) is 35.4 Å². The lowest BCUT2D eigenvalue weighted by atomic mass is 9.97. The first-order valence-corrected chi connectivity index (χ1v) is 8.38. The van der Waals surface area contributed by atoms with Gasteiger partial charge in [-0.15, -0.1) is 0 Å². The van der Waals surface area contributed by atoms with Crippen molar-refractivity contribution in [2.45, 2.75) is 52.1 Å². The Kier molecular flexibility index (Phi) is 5.91. The van der Waals surface area contributed by atoms with Gasteiger partial charge in [0.05, 0.1) is 0 Å². The number of rotatable bonds is 4. The molecule has 0 aromatic heterocycles. The van der Waals surface area contributed by atoms with Gasteiger partial charge in [-0.25, -0.2) is 8.78 Å². The summed E-state index contributed by atoms with van der Waals surface area (Å²) in [6.07, 6.45) is 2.92. The molecule has 0 saturated carbocycles. The summed E-state index contributed by atoms with van der Waals surface area (Å²) in [4.78, 5) is 26.9. The molecule has 6 heteroatoms. The summed E-state index contributed by atoms with van der Waals surface area (Å²) in [5.41, 5.74) is -0.650. The van der Waals surface area contributed by atoms with Gasteiger partial charge in [-0.05, 0) is 44.2 Å². The van der Waals surface area contributed by atoms with Crippen molar-refractivity contribution in [2.75, 3.05) is 6.54 Å². The zero-order valence-corrected chi connectivity index (χ0v) is 14.3. The Labute approximate surface area is 141 Å². The Balaban J connectivity index is 2.19. The van der Waals surface area contributed by atoms with E-state index in [1.54, 1.807) is 18.7 Å². The van der Waals surface area contributed by atoms with Crippen molar-refractivity contribution in [3.63, 3.8) is 0 Å². The van der Waals surface area contributed by atoms with Crippen LogP contribution in [0, 0.1) is 17.6 Å². The fourth-order valence-corrected chi connectivity index (χ4v) is 3.05. The number of hydrogen-bond acceptors (Lipinski definition) is 2. The van der Waals surface area contributed by atoms with Gasteiger partial charge in [0.2, 0.25) is 5.91 Å². The molecular weight excluding hydrogens is 314 g/mol. The SMILES string of the molecule is CC(C)C(NC(=O)c1c(F)cccc1F)C(=O)N1CCCCC1C. The minimum atomic E-state index is -0.936. The van der Waals surface area contributed by atoms with Crippen LogP contribution < -0.4 is 5.32 Å². The van der Waals surface area contributed by atoms with Gasteiger partial charge in [0.15, 0.2) is 0 Å². The molecule has 24 heavy (non-hydrogen) atoms. The molecule has 0 bridgehead atoms. The number of carbonyl (C=O) groups is 2. The van der Waals surface area contributed by atoms with Gasteiger partial charge in [0.1, 0.15) is 23.2 Å². The molecule has 1 aliphatic rings. The number of piperidine rings is 1. The monoisotopic (exact) mass is 338 g/mol. The zero-order valence-electron chi connectivity index (χ0n) is 14.3. The van der Waals surface area contributed by atoms with E-state index < -0.39 is 29.1 Å². The van der Waals surface area contributed by atoms with Gasteiger partial charge in [-0.2, -0.15) is 0 Å². The van der Waals surface area contributed by atoms with E-state index in [2.05, 4.69) is 5.32 Å². The highest BCUT2D eigenvalue weighted by molar-refractivity contribution is 5.98. The molecule has 0 aliphatic carbocycles. The van der Waals surface area contributed by atoms with E-state index >= 15 is 0 Å². The average Bonchev–Trinajstić information content (AvgIpc) is 2.52. The van der Waals surface area contributed by atoms with E-state index in [4.69, 9.17) is 0 Å². The van der Waals surface area contributed by atoms with Gasteiger partial charge in [0.25, 0.3) is 5.91 Å². The maximum absolute atomic E-state index is 13.8. The number of halogens is 2. The van der Waals surface area contributed by atoms with Crippen molar-refractivity contribution in [1.29, 1.82) is 0 Å². The standard InChI is InChI=1S/C18H24F2N2O2/c1-11(2)16(18(24)22-10-5-4-7-12(22)3)21-17(23)15-13(19)8-6-9-14(15)20/h6,8-9,11-12,16H,4-5,7,10H2,1-3H3,(H,21,23). The van der Waals surface area contributed by atoms with Crippen LogP contribution in [-0.4, -0.2) is 35.3 Å². The summed E-state index contributed by atoms with van der Waals surface area (Å²) < 4.78 is 27.5. The molecule has 0 spiro atoms. The third-order valence-electron chi connectivity index (χ3n) is 4.50. The van der Waals surface area contributed by atoms with Crippen LogP contribution in [0.3, 0.4) is 0 Å². The summed E-state index contributed by atoms with van der Waals surface area (Å²) in [6.45, 7) is 6.23. The summed E-state index contributed by atoms with van der Waals surface area (Å²) >= 11 is 0. The highest BCUT2D eigenvalue weighted by atomic mass is 19.1. The zero-order chi connectivity index (χ0) is 17.9. The molecule has 1 heterocycles. The van der Waals surface area contributed by atoms with Crippen LogP contribution in [0.15, 0.2) is 18.2 Å². The Morgan fingerprint density at radius 2 is 1.83 bits per heavy atom. The molecule has 1 aromatic carbocycles. The molecule has 1 saturated heterocycles. The normalized spacial score (nSPS) is 19.2. The fraction of sp³-hybridized carbons (Fsp3) is 0.556. The second-order valence-corrected chi connectivity index (χ2v) is 6.67. The minimum absolute atomic E-state index is 0.106. The van der Waals surface area contributed by atoms with E-state index in [0.717, 1.165) is 31.4 Å². The second-order valence-electron chi connectivity index (χ2n) is 6.67. The number of nitrogens with one attached hydrogen (secondary N) is 1. The van der Waals surface area contributed by atoms with Crippen LogP contribution in [-0.2, 0) is 4.79 Å². The van der Waals surface area contributed by atoms with Crippen molar-refractivity contribution in [1.82, 2.24) is 10.2 Å². The van der Waals surface area contributed by atoms with Crippen molar-refractivity contribution < 1.29 is 18.4 Å². The largest absolute Gasteiger partial charge is 0.340 e. The maximum atomic E-state index is 13.8. The Morgan fingerprint density at radius 3 is 2.38 bits per heavy atom. The highest BCUT2D eigenvalue weighted by Gasteiger charge is 2.33. The van der Waals surface area contributed by atoms with E-state index in [1.165, 1.54) is 6.07 Å². The first kappa shape index (κ1) is 18.4. The van der Waals surface area contributed by atoms with Crippen molar-refractivity contribution in [3.8, 4) is 0 Å². The molecule has 4 nitrogen and oxygen atoms in total. The number of likely N-dealkylation sites (tertiary alicyclic amines) is 1. The third kappa shape index (κ3) is 3.91. The van der Waals surface area contributed by atoms with Crippen molar-refractivity contribution in [2.24, 2.45) is 5.92 Å². The molecule has 1 fully saturated rings. The fourth-order valence-electron chi connectivity index (χ4n) is 3.05. The van der Waals surface area contributed by atoms with Crippen LogP contribution in [0.1, 0.15) is 50.4 Å². The molecular formula is C18H24F2N2O2. The Hall–Kier alpha value is -1.98. The molecule has 0 radical (unpaired) electrons. The summed E-state index contributed by atoms with van der Waals surface area (Å²) in [5, 5.41) is 2.52. The summed E-state index contributed by atoms with van der Waals surface area (Å²) in [5.74, 6) is -3.15. The lowest BCUT2D eigenvalue weighted by Gasteiger charge is -2.37. The van der Waals surface area contributed by atoms with Gasteiger partial charge in [-0.3, -0.25) is 9.59 Å². The number of amides is 2. The molecule has 132 valence electrons. The van der Waals surface area contributed by atoms with E-state index in [0.29, 0.717) is 6.54 Å².